The molecule has 0 aliphatic carbocycles. The van der Waals surface area contributed by atoms with Gasteiger partial charge in [0.25, 0.3) is 0 Å². The maximum atomic E-state index is 13.1. The number of nitrogens with one attached hydrogen (secondary N) is 2. The number of azo groups is 1. The van der Waals surface area contributed by atoms with Gasteiger partial charge in [0.1, 0.15) is 23.3 Å². The largest absolute Gasteiger partial charge is 0.416 e. The molecule has 1 heterocycles. The van der Waals surface area contributed by atoms with Crippen molar-refractivity contribution in [1.29, 1.82) is 5.26 Å². The molecule has 182 valence electrons. The average molecular weight is 502 g/mol. The highest BCUT2D eigenvalue weighted by molar-refractivity contribution is 6.33. The molecule has 0 aliphatic rings. The number of nitrogen functional groups attached to an aromatic ring is 1. The van der Waals surface area contributed by atoms with Crippen LogP contribution in [0.15, 0.2) is 52.7 Å². The molecule has 0 aliphatic heterocycles. The van der Waals surface area contributed by atoms with E-state index >= 15 is 0 Å². The fourth-order valence-electron chi connectivity index (χ4n) is 3.16. The number of nitriles is 1. The maximum Gasteiger partial charge on any atom is 0.416 e. The Labute approximate surface area is 205 Å². The van der Waals surface area contributed by atoms with Crippen molar-refractivity contribution < 1.29 is 13.2 Å². The molecule has 0 atom stereocenters. The molecular formula is C24H23ClF3N7. The Balaban J connectivity index is 1.97. The van der Waals surface area contributed by atoms with E-state index in [2.05, 4.69) is 32.8 Å². The third kappa shape index (κ3) is 6.39. The zero-order chi connectivity index (χ0) is 25.6. The number of anilines is 4. The molecule has 0 saturated heterocycles. The Morgan fingerprint density at radius 3 is 2.43 bits per heavy atom. The number of nitrogens with two attached hydrogens (primary N) is 1. The normalized spacial score (nSPS) is 11.5. The van der Waals surface area contributed by atoms with Crippen molar-refractivity contribution in [2.24, 2.45) is 10.2 Å². The average Bonchev–Trinajstić information content (AvgIpc) is 2.80. The van der Waals surface area contributed by atoms with Gasteiger partial charge in [-0.25, -0.2) is 4.98 Å². The summed E-state index contributed by atoms with van der Waals surface area (Å²) >= 11 is 6.04. The lowest BCUT2D eigenvalue weighted by molar-refractivity contribution is -0.137. The Kier molecular flexibility index (Phi) is 8.14. The van der Waals surface area contributed by atoms with Gasteiger partial charge in [-0.3, -0.25) is 0 Å². The number of hydrogen-bond acceptors (Lipinski definition) is 7. The van der Waals surface area contributed by atoms with Crippen molar-refractivity contribution in [1.82, 2.24) is 4.98 Å². The number of aromatic nitrogens is 1. The molecule has 0 bridgehead atoms. The molecule has 1 aromatic heterocycles. The highest BCUT2D eigenvalue weighted by Gasteiger charge is 2.31. The van der Waals surface area contributed by atoms with Gasteiger partial charge < -0.3 is 16.4 Å². The lowest BCUT2D eigenvalue weighted by Gasteiger charge is -2.13. The van der Waals surface area contributed by atoms with Crippen LogP contribution in [-0.2, 0) is 6.18 Å². The third-order valence-corrected chi connectivity index (χ3v) is 5.41. The van der Waals surface area contributed by atoms with Gasteiger partial charge in [0.15, 0.2) is 5.82 Å². The minimum absolute atomic E-state index is 0.0102. The summed E-state index contributed by atoms with van der Waals surface area (Å²) in [6.07, 6.45) is -2.43. The van der Waals surface area contributed by atoms with Gasteiger partial charge in [0.2, 0.25) is 0 Å². The summed E-state index contributed by atoms with van der Waals surface area (Å²) in [4.78, 5) is 4.24. The van der Waals surface area contributed by atoms with Crippen LogP contribution in [-0.4, -0.2) is 11.5 Å². The van der Waals surface area contributed by atoms with Gasteiger partial charge in [-0.15, -0.1) is 10.2 Å². The number of nitrogens with zero attached hydrogens (tertiary/aromatic N) is 4. The molecule has 3 rings (SSSR count). The van der Waals surface area contributed by atoms with Gasteiger partial charge in [-0.05, 0) is 55.8 Å². The van der Waals surface area contributed by atoms with Crippen molar-refractivity contribution in [3.63, 3.8) is 0 Å². The molecule has 0 unspecified atom stereocenters. The highest BCUT2D eigenvalue weighted by Crippen LogP contribution is 2.38. The first kappa shape index (κ1) is 25.8. The van der Waals surface area contributed by atoms with E-state index in [1.807, 2.05) is 30.3 Å². The molecule has 3 aromatic rings. The van der Waals surface area contributed by atoms with E-state index in [1.165, 1.54) is 0 Å². The molecule has 0 saturated carbocycles. The van der Waals surface area contributed by atoms with Crippen LogP contribution < -0.4 is 16.4 Å². The topological polar surface area (TPSA) is 111 Å². The van der Waals surface area contributed by atoms with E-state index in [9.17, 15) is 18.4 Å². The summed E-state index contributed by atoms with van der Waals surface area (Å²) in [5.74, 6) is 0.180. The number of unbranched alkanes of at least 4 members (excludes halogenated alkanes) is 1. The SMILES string of the molecule is CCCCNc1ccc(Nc2nc(N)c(C#N)c(C)c2N=Nc2cc(C(F)(F)F)ccc2Cl)cc1. The van der Waals surface area contributed by atoms with E-state index in [-0.39, 0.29) is 33.6 Å². The molecule has 4 N–H and O–H groups in total. The predicted molar refractivity (Wildman–Crippen MR) is 132 cm³/mol. The third-order valence-electron chi connectivity index (χ3n) is 5.09. The summed E-state index contributed by atoms with van der Waals surface area (Å²) in [6, 6.07) is 12.2. The Morgan fingerprint density at radius 2 is 1.80 bits per heavy atom. The second kappa shape index (κ2) is 11.1. The Hall–Kier alpha value is -3.84. The smallest absolute Gasteiger partial charge is 0.385 e. The van der Waals surface area contributed by atoms with Crippen LogP contribution in [0.5, 0.6) is 0 Å². The van der Waals surface area contributed by atoms with E-state index in [1.54, 1.807) is 6.92 Å². The van der Waals surface area contributed by atoms with Crippen LogP contribution in [0.1, 0.15) is 36.5 Å². The standard InChI is InChI=1S/C24H23ClF3N7/c1-3-4-11-31-16-6-8-17(9-7-16)32-23-21(14(2)18(13-29)22(30)33-23)35-34-20-12-15(24(26,27)28)5-10-19(20)25/h5-10,12,31H,3-4,11H2,1-2H3,(H3,30,32,33). The van der Waals surface area contributed by atoms with E-state index < -0.39 is 11.7 Å². The maximum absolute atomic E-state index is 13.1. The first-order valence-electron chi connectivity index (χ1n) is 10.7. The minimum atomic E-state index is -4.56. The predicted octanol–water partition coefficient (Wildman–Crippen LogP) is 7.89. The second-order valence-electron chi connectivity index (χ2n) is 7.65. The van der Waals surface area contributed by atoms with E-state index in [4.69, 9.17) is 17.3 Å². The zero-order valence-corrected chi connectivity index (χ0v) is 19.8. The fraction of sp³-hybridized carbons (Fsp3) is 0.250. The minimum Gasteiger partial charge on any atom is -0.385 e. The van der Waals surface area contributed by atoms with Crippen molar-refractivity contribution in [2.75, 3.05) is 22.9 Å². The number of rotatable bonds is 8. The van der Waals surface area contributed by atoms with Gasteiger partial charge in [-0.1, -0.05) is 24.9 Å². The summed E-state index contributed by atoms with van der Waals surface area (Å²) in [7, 11) is 0. The van der Waals surface area contributed by atoms with Gasteiger partial charge in [-0.2, -0.15) is 18.4 Å². The zero-order valence-electron chi connectivity index (χ0n) is 19.0. The molecule has 0 radical (unpaired) electrons. The van der Waals surface area contributed by atoms with Crippen LogP contribution in [0.2, 0.25) is 5.02 Å². The molecule has 7 nitrogen and oxygen atoms in total. The lowest BCUT2D eigenvalue weighted by atomic mass is 10.1. The van der Waals surface area contributed by atoms with Crippen LogP contribution in [0.3, 0.4) is 0 Å². The molecule has 11 heteroatoms. The van der Waals surface area contributed by atoms with Crippen LogP contribution in [0.25, 0.3) is 0 Å². The van der Waals surface area contributed by atoms with E-state index in [0.717, 1.165) is 43.3 Å². The van der Waals surface area contributed by atoms with Crippen LogP contribution >= 0.6 is 11.6 Å². The Bertz CT molecular complexity index is 1270. The lowest BCUT2D eigenvalue weighted by Crippen LogP contribution is -2.04. The molecular weight excluding hydrogens is 479 g/mol. The number of alkyl halides is 3. The highest BCUT2D eigenvalue weighted by atomic mass is 35.5. The molecule has 35 heavy (non-hydrogen) atoms. The molecule has 2 aromatic carbocycles. The number of hydrogen-bond donors (Lipinski definition) is 3. The fourth-order valence-corrected chi connectivity index (χ4v) is 3.31. The van der Waals surface area contributed by atoms with Gasteiger partial charge >= 0.3 is 6.18 Å². The van der Waals surface area contributed by atoms with Gasteiger partial charge in [0.05, 0.1) is 16.1 Å². The van der Waals surface area contributed by atoms with Crippen LogP contribution in [0.4, 0.5) is 47.6 Å². The number of halogens is 4. The monoisotopic (exact) mass is 501 g/mol. The molecule has 0 amide bonds. The van der Waals surface area contributed by atoms with Crippen molar-refractivity contribution >= 4 is 46.0 Å². The first-order chi connectivity index (χ1) is 16.6. The number of pyridine rings is 1. The summed E-state index contributed by atoms with van der Waals surface area (Å²) < 4.78 is 39.3. The first-order valence-corrected chi connectivity index (χ1v) is 11.1. The summed E-state index contributed by atoms with van der Waals surface area (Å²) in [6.45, 7) is 4.58. The quantitative estimate of drug-likeness (QED) is 0.214. The van der Waals surface area contributed by atoms with E-state index in [0.29, 0.717) is 11.3 Å². The van der Waals surface area contributed by atoms with Crippen molar-refractivity contribution in [2.45, 2.75) is 32.9 Å². The summed E-state index contributed by atoms with van der Waals surface area (Å²) in [5, 5.41) is 23.9. The molecule has 0 fully saturated rings. The van der Waals surface area contributed by atoms with Crippen molar-refractivity contribution in [3.8, 4) is 6.07 Å². The van der Waals surface area contributed by atoms with Crippen molar-refractivity contribution in [3.05, 3.63) is 64.2 Å². The second-order valence-corrected chi connectivity index (χ2v) is 8.06. The van der Waals surface area contributed by atoms with Crippen LogP contribution in [0, 0.1) is 18.3 Å². The summed E-state index contributed by atoms with van der Waals surface area (Å²) in [5.41, 5.74) is 7.08. The van der Waals surface area contributed by atoms with Gasteiger partial charge in [0, 0.05) is 23.5 Å². The number of benzene rings is 2. The Morgan fingerprint density at radius 1 is 1.11 bits per heavy atom. The molecule has 0 spiro atoms.